The number of nitro benzene ring substituents is 2. The van der Waals surface area contributed by atoms with Crippen molar-refractivity contribution in [3.05, 3.63) is 104 Å². The molecule has 4 N–H and O–H groups in total. The molecular formula is C38H37N7O11S. The fourth-order valence-electron chi connectivity index (χ4n) is 7.12. The largest absolute Gasteiger partial charge is 0.381 e. The molecule has 19 heteroatoms. The molecule has 0 unspecified atom stereocenters. The lowest BCUT2D eigenvalue weighted by atomic mass is 9.86. The zero-order valence-corrected chi connectivity index (χ0v) is 31.1. The molecule has 1 aliphatic heterocycles. The zero-order chi connectivity index (χ0) is 40.3. The molecule has 0 radical (unpaired) electrons. The quantitative estimate of drug-likeness (QED) is 0.0374. The highest BCUT2D eigenvalue weighted by molar-refractivity contribution is 7.85. The Bertz CT molecular complexity index is 2500. The first-order valence-corrected chi connectivity index (χ1v) is 19.6. The highest BCUT2D eigenvalue weighted by atomic mass is 32.2. The highest BCUT2D eigenvalue weighted by Gasteiger charge is 2.35. The lowest BCUT2D eigenvalue weighted by Crippen LogP contribution is -2.41. The molecule has 4 aromatic carbocycles. The molecule has 1 fully saturated rings. The van der Waals surface area contributed by atoms with Gasteiger partial charge in [-0.3, -0.25) is 34.4 Å². The average Bonchev–Trinajstić information content (AvgIpc) is 3.64. The van der Waals surface area contributed by atoms with Crippen LogP contribution in [0.3, 0.4) is 0 Å². The molecule has 296 valence electrons. The van der Waals surface area contributed by atoms with Gasteiger partial charge in [0.05, 0.1) is 43.1 Å². The Kier molecular flexibility index (Phi) is 11.1. The standard InChI is InChI=1S/C38H37N7O11S/c46-36-27-8-1-2-9-28(27)37-34-33(36)30(41-24-6-3-7-26(20-24)57(52,53)54)22-32(35(34)42-56-37)43-16-12-23(13-17-43)38(47)40-15-5-19-55-18-4-14-39-29-11-10-25(44(48)49)21-31(29)45(50)51/h1-3,6-11,20-23,39,41H,4-5,12-19H2,(H,40,47)(H,52,53,54). The van der Waals surface area contributed by atoms with Crippen LogP contribution in [-0.2, 0) is 19.6 Å². The predicted molar refractivity (Wildman–Crippen MR) is 209 cm³/mol. The van der Waals surface area contributed by atoms with E-state index in [1.807, 2.05) is 6.07 Å². The monoisotopic (exact) mass is 799 g/mol. The molecule has 18 nitrogen and oxygen atoms in total. The summed E-state index contributed by atoms with van der Waals surface area (Å²) in [6.45, 7) is 2.56. The molecule has 2 aliphatic rings. The van der Waals surface area contributed by atoms with E-state index in [4.69, 9.17) is 9.26 Å². The van der Waals surface area contributed by atoms with Gasteiger partial charge >= 0.3 is 0 Å². The van der Waals surface area contributed by atoms with Crippen LogP contribution in [0.15, 0.2) is 82.2 Å². The second kappa shape index (κ2) is 16.3. The second-order valence-corrected chi connectivity index (χ2v) is 15.0. The minimum atomic E-state index is -4.48. The number of nitrogens with one attached hydrogen (secondary N) is 3. The van der Waals surface area contributed by atoms with Crippen LogP contribution in [0.1, 0.15) is 41.6 Å². The number of ketones is 1. The van der Waals surface area contributed by atoms with Crippen LogP contribution >= 0.6 is 0 Å². The van der Waals surface area contributed by atoms with E-state index in [2.05, 4.69) is 26.0 Å². The number of ether oxygens (including phenoxy) is 1. The Morgan fingerprint density at radius 1 is 0.930 bits per heavy atom. The third-order valence-electron chi connectivity index (χ3n) is 9.93. The normalized spacial score (nSPS) is 14.0. The number of rotatable bonds is 16. The fraction of sp³-hybridized carbons (Fsp3) is 0.289. The van der Waals surface area contributed by atoms with Gasteiger partial charge in [0, 0.05) is 68.2 Å². The second-order valence-electron chi connectivity index (χ2n) is 13.6. The minimum absolute atomic E-state index is 0.0644. The van der Waals surface area contributed by atoms with Crippen LogP contribution < -0.4 is 20.9 Å². The molecule has 1 saturated heterocycles. The Labute approximate surface area is 325 Å². The number of anilines is 4. The van der Waals surface area contributed by atoms with Crippen molar-refractivity contribution in [1.82, 2.24) is 10.5 Å². The van der Waals surface area contributed by atoms with Crippen LogP contribution in [0.2, 0.25) is 0 Å². The van der Waals surface area contributed by atoms with Crippen LogP contribution in [0.5, 0.6) is 0 Å². The maximum absolute atomic E-state index is 14.0. The summed E-state index contributed by atoms with van der Waals surface area (Å²) in [7, 11) is -4.48. The van der Waals surface area contributed by atoms with Gasteiger partial charge in [-0.2, -0.15) is 8.42 Å². The average molecular weight is 800 g/mol. The number of hydrogen-bond acceptors (Lipinski definition) is 14. The lowest BCUT2D eigenvalue weighted by Gasteiger charge is -2.33. The van der Waals surface area contributed by atoms with Crippen molar-refractivity contribution in [2.45, 2.75) is 30.6 Å². The van der Waals surface area contributed by atoms with Crippen molar-refractivity contribution in [1.29, 1.82) is 0 Å². The topological polar surface area (TPSA) is 249 Å². The Hall–Kier alpha value is -6.44. The summed E-state index contributed by atoms with van der Waals surface area (Å²) in [6.07, 6.45) is 2.22. The Morgan fingerprint density at radius 2 is 1.67 bits per heavy atom. The van der Waals surface area contributed by atoms with Gasteiger partial charge in [0.15, 0.2) is 11.5 Å². The molecule has 1 aromatic heterocycles. The molecule has 1 aliphatic carbocycles. The minimum Gasteiger partial charge on any atom is -0.381 e. The van der Waals surface area contributed by atoms with Crippen molar-refractivity contribution >= 4 is 66.8 Å². The number of carbonyl (C=O) groups is 2. The molecule has 0 atom stereocenters. The number of amides is 1. The van der Waals surface area contributed by atoms with E-state index in [-0.39, 0.29) is 39.6 Å². The zero-order valence-electron chi connectivity index (χ0n) is 30.3. The molecular weight excluding hydrogens is 763 g/mol. The van der Waals surface area contributed by atoms with Gasteiger partial charge in [-0.15, -0.1) is 0 Å². The van der Waals surface area contributed by atoms with E-state index in [9.17, 15) is 42.8 Å². The number of hydrogen-bond donors (Lipinski definition) is 4. The number of nitrogens with zero attached hydrogens (tertiary/aromatic N) is 4. The fourth-order valence-corrected chi connectivity index (χ4v) is 7.64. The SMILES string of the molecule is O=C1c2ccccc2-c2onc3c(N4CCC(C(=O)NCCCOCCCNc5ccc([N+](=O)[O-])cc5[N+](=O)[O-])CC4)cc(Nc4cccc(S(=O)(=O)O)c4)c1c23. The molecule has 0 spiro atoms. The number of piperidine rings is 1. The summed E-state index contributed by atoms with van der Waals surface area (Å²) in [5.74, 6) is -0.106. The molecule has 0 saturated carbocycles. The van der Waals surface area contributed by atoms with Gasteiger partial charge in [0.25, 0.3) is 21.5 Å². The Morgan fingerprint density at radius 3 is 2.39 bits per heavy atom. The van der Waals surface area contributed by atoms with Gasteiger partial charge in [-0.25, -0.2) is 0 Å². The van der Waals surface area contributed by atoms with E-state index in [1.54, 1.807) is 30.3 Å². The van der Waals surface area contributed by atoms with Crippen LogP contribution in [0, 0.1) is 26.1 Å². The van der Waals surface area contributed by atoms with Gasteiger partial charge in [-0.1, -0.05) is 35.5 Å². The van der Waals surface area contributed by atoms with Gasteiger partial charge in [0.2, 0.25) is 5.91 Å². The summed E-state index contributed by atoms with van der Waals surface area (Å²) >= 11 is 0. The molecule has 2 heterocycles. The van der Waals surface area contributed by atoms with Crippen LogP contribution in [-0.4, -0.2) is 79.1 Å². The van der Waals surface area contributed by atoms with Crippen LogP contribution in [0.4, 0.5) is 34.1 Å². The van der Waals surface area contributed by atoms with Crippen molar-refractivity contribution in [3.8, 4) is 11.3 Å². The van der Waals surface area contributed by atoms with E-state index >= 15 is 0 Å². The van der Waals surface area contributed by atoms with Gasteiger partial charge < -0.3 is 30.1 Å². The maximum atomic E-state index is 14.0. The van der Waals surface area contributed by atoms with Crippen molar-refractivity contribution in [2.75, 3.05) is 54.9 Å². The first-order chi connectivity index (χ1) is 27.4. The van der Waals surface area contributed by atoms with E-state index in [1.165, 1.54) is 30.3 Å². The van der Waals surface area contributed by atoms with Crippen molar-refractivity contribution in [2.24, 2.45) is 5.92 Å². The summed E-state index contributed by atoms with van der Waals surface area (Å²) in [4.78, 5) is 49.7. The predicted octanol–water partition coefficient (Wildman–Crippen LogP) is 6.09. The lowest BCUT2D eigenvalue weighted by molar-refractivity contribution is -0.393. The number of aromatic nitrogens is 1. The third-order valence-corrected chi connectivity index (χ3v) is 10.8. The van der Waals surface area contributed by atoms with Crippen molar-refractivity contribution in [3.63, 3.8) is 0 Å². The number of non-ortho nitro benzene ring substituents is 1. The summed E-state index contributed by atoms with van der Waals surface area (Å²) < 4.78 is 44.9. The first kappa shape index (κ1) is 38.8. The number of benzene rings is 4. The molecule has 7 rings (SSSR count). The van der Waals surface area contributed by atoms with Crippen molar-refractivity contribution < 1.29 is 41.7 Å². The van der Waals surface area contributed by atoms with Gasteiger partial charge in [-0.05, 0) is 56.0 Å². The summed E-state index contributed by atoms with van der Waals surface area (Å²) in [5.41, 5.74) is 2.73. The number of nitro groups is 2. The first-order valence-electron chi connectivity index (χ1n) is 18.1. The smallest absolute Gasteiger partial charge is 0.299 e. The van der Waals surface area contributed by atoms with Crippen LogP contribution in [0.25, 0.3) is 22.2 Å². The summed E-state index contributed by atoms with van der Waals surface area (Å²) in [5, 5.41) is 36.3. The summed E-state index contributed by atoms with van der Waals surface area (Å²) in [6, 6.07) is 17.9. The van der Waals surface area contributed by atoms with Gasteiger partial charge in [0.1, 0.15) is 11.2 Å². The molecule has 1 amide bonds. The number of carbonyl (C=O) groups excluding carboxylic acids is 2. The van der Waals surface area contributed by atoms with E-state index < -0.39 is 20.0 Å². The molecule has 0 bridgehead atoms. The third kappa shape index (κ3) is 8.25. The van der Waals surface area contributed by atoms with E-state index in [0.29, 0.717) is 115 Å². The highest BCUT2D eigenvalue weighted by Crippen LogP contribution is 2.47. The maximum Gasteiger partial charge on any atom is 0.299 e. The molecule has 57 heavy (non-hydrogen) atoms. The Balaban J connectivity index is 0.938. The number of fused-ring (bicyclic) bond motifs is 2. The molecule has 5 aromatic rings. The van der Waals surface area contributed by atoms with E-state index in [0.717, 1.165) is 6.07 Å².